The van der Waals surface area contributed by atoms with Crippen molar-refractivity contribution in [2.24, 2.45) is 0 Å². The van der Waals surface area contributed by atoms with E-state index in [1.165, 1.54) is 27.6 Å². The second kappa shape index (κ2) is 9.75. The van der Waals surface area contributed by atoms with Gasteiger partial charge in [-0.1, -0.05) is 105 Å². The van der Waals surface area contributed by atoms with Crippen molar-refractivity contribution in [1.29, 1.82) is 0 Å². The summed E-state index contributed by atoms with van der Waals surface area (Å²) in [6, 6.07) is 34.5. The number of nitrogens with zero attached hydrogens (tertiary/aromatic N) is 1. The molecule has 2 aliphatic heterocycles. The molecule has 4 nitrogen and oxygen atoms in total. The predicted molar refractivity (Wildman–Crippen MR) is 174 cm³/mol. The van der Waals surface area contributed by atoms with E-state index in [0.717, 1.165) is 52.4 Å². The average molecular weight is 566 g/mol. The minimum Gasteiger partial charge on any atom is -0.495 e. The summed E-state index contributed by atoms with van der Waals surface area (Å²) in [5, 5.41) is 2.26. The molecule has 0 amide bonds. The fraction of sp³-hybridized carbons (Fsp3) is 0.231. The Bertz CT molecular complexity index is 1850. The van der Waals surface area contributed by atoms with E-state index in [0.29, 0.717) is 13.2 Å². The van der Waals surface area contributed by atoms with Crippen molar-refractivity contribution >= 4 is 22.5 Å². The molecule has 1 fully saturated rings. The fourth-order valence-corrected chi connectivity index (χ4v) is 7.53. The molecule has 0 bridgehead atoms. The molecule has 0 unspecified atom stereocenters. The van der Waals surface area contributed by atoms with Crippen LogP contribution in [-0.2, 0) is 15.8 Å². The third-order valence-electron chi connectivity index (χ3n) is 9.60. The first-order chi connectivity index (χ1) is 21.0. The van der Waals surface area contributed by atoms with Gasteiger partial charge in [-0.05, 0) is 45.8 Å². The van der Waals surface area contributed by atoms with Crippen LogP contribution in [0.15, 0.2) is 103 Å². The Labute approximate surface area is 253 Å². The largest absolute Gasteiger partial charge is 0.495 e. The molecule has 0 aromatic heterocycles. The first-order valence-corrected chi connectivity index (χ1v) is 15.2. The van der Waals surface area contributed by atoms with E-state index in [4.69, 9.17) is 14.2 Å². The summed E-state index contributed by atoms with van der Waals surface area (Å²) >= 11 is 0. The topological polar surface area (TPSA) is 30.9 Å². The van der Waals surface area contributed by atoms with Crippen LogP contribution in [0.25, 0.3) is 28.0 Å². The van der Waals surface area contributed by atoms with Gasteiger partial charge in [0.2, 0.25) is 0 Å². The zero-order valence-electron chi connectivity index (χ0n) is 24.9. The number of hydrogen-bond donors (Lipinski definition) is 0. The summed E-state index contributed by atoms with van der Waals surface area (Å²) in [6.07, 6.45) is 4.57. The van der Waals surface area contributed by atoms with Crippen molar-refractivity contribution in [2.75, 3.05) is 38.3 Å². The number of rotatable bonds is 4. The molecule has 0 spiro atoms. The molecular weight excluding hydrogens is 530 g/mol. The lowest BCUT2D eigenvalue weighted by molar-refractivity contribution is 0.122. The zero-order chi connectivity index (χ0) is 29.2. The predicted octanol–water partition coefficient (Wildman–Crippen LogP) is 8.34. The Morgan fingerprint density at radius 1 is 0.767 bits per heavy atom. The Kier molecular flexibility index (Phi) is 5.92. The van der Waals surface area contributed by atoms with Crippen LogP contribution in [0.2, 0.25) is 0 Å². The SMILES string of the molecule is COc1cc2c3c(c4c(c2cc1N1CCOCC1)-c1ccccc1C4(C)C)C=CC(c1ccccc1)(c1ccccc1)O3. The highest BCUT2D eigenvalue weighted by molar-refractivity contribution is 6.10. The number of benzene rings is 5. The number of hydrogen-bond acceptors (Lipinski definition) is 4. The second-order valence-corrected chi connectivity index (χ2v) is 12.2. The molecule has 5 aromatic rings. The highest BCUT2D eigenvalue weighted by Crippen LogP contribution is 2.59. The van der Waals surface area contributed by atoms with Gasteiger partial charge in [-0.15, -0.1) is 0 Å². The van der Waals surface area contributed by atoms with Gasteiger partial charge in [-0.25, -0.2) is 0 Å². The molecular formula is C39H35NO3. The maximum absolute atomic E-state index is 7.43. The first kappa shape index (κ1) is 26.1. The van der Waals surface area contributed by atoms with E-state index in [1.807, 2.05) is 0 Å². The monoisotopic (exact) mass is 565 g/mol. The highest BCUT2D eigenvalue weighted by Gasteiger charge is 2.44. The van der Waals surface area contributed by atoms with Gasteiger partial charge in [0.05, 0.1) is 26.0 Å². The lowest BCUT2D eigenvalue weighted by Gasteiger charge is -2.38. The molecule has 43 heavy (non-hydrogen) atoms. The molecule has 1 saturated heterocycles. The smallest absolute Gasteiger partial charge is 0.178 e. The molecule has 2 heterocycles. The fourth-order valence-electron chi connectivity index (χ4n) is 7.53. The van der Waals surface area contributed by atoms with Gasteiger partial charge in [-0.2, -0.15) is 0 Å². The van der Waals surface area contributed by atoms with Crippen LogP contribution in [-0.4, -0.2) is 33.4 Å². The summed E-state index contributed by atoms with van der Waals surface area (Å²) in [5.41, 5.74) is 8.72. The van der Waals surface area contributed by atoms with Crippen LogP contribution in [0.3, 0.4) is 0 Å². The second-order valence-electron chi connectivity index (χ2n) is 12.2. The molecule has 0 saturated carbocycles. The van der Waals surface area contributed by atoms with E-state index >= 15 is 0 Å². The molecule has 0 N–H and O–H groups in total. The van der Waals surface area contributed by atoms with Crippen LogP contribution in [0.1, 0.15) is 41.7 Å². The van der Waals surface area contributed by atoms with Crippen molar-refractivity contribution in [1.82, 2.24) is 0 Å². The van der Waals surface area contributed by atoms with Crippen molar-refractivity contribution in [2.45, 2.75) is 24.9 Å². The van der Waals surface area contributed by atoms with E-state index in [9.17, 15) is 0 Å². The number of anilines is 1. The molecule has 8 rings (SSSR count). The quantitative estimate of drug-likeness (QED) is 0.219. The Morgan fingerprint density at radius 2 is 1.42 bits per heavy atom. The third kappa shape index (κ3) is 3.79. The van der Waals surface area contributed by atoms with Crippen molar-refractivity contribution in [3.8, 4) is 22.6 Å². The van der Waals surface area contributed by atoms with Crippen LogP contribution in [0.4, 0.5) is 5.69 Å². The van der Waals surface area contributed by atoms with E-state index < -0.39 is 5.60 Å². The molecule has 1 aliphatic carbocycles. The van der Waals surface area contributed by atoms with Gasteiger partial charge in [0, 0.05) is 40.6 Å². The molecule has 214 valence electrons. The Morgan fingerprint density at radius 3 is 2.09 bits per heavy atom. The number of methoxy groups -OCH3 is 1. The van der Waals surface area contributed by atoms with Crippen LogP contribution >= 0.6 is 0 Å². The maximum atomic E-state index is 7.43. The molecule has 3 aliphatic rings. The first-order valence-electron chi connectivity index (χ1n) is 15.2. The summed E-state index contributed by atoms with van der Waals surface area (Å²) in [4.78, 5) is 2.39. The van der Waals surface area contributed by atoms with Gasteiger partial charge in [-0.3, -0.25) is 0 Å². The van der Waals surface area contributed by atoms with E-state index in [-0.39, 0.29) is 5.41 Å². The molecule has 4 heteroatoms. The van der Waals surface area contributed by atoms with Crippen LogP contribution in [0.5, 0.6) is 11.5 Å². The van der Waals surface area contributed by atoms with Crippen molar-refractivity contribution < 1.29 is 14.2 Å². The lowest BCUT2D eigenvalue weighted by atomic mass is 9.76. The zero-order valence-corrected chi connectivity index (χ0v) is 24.9. The molecule has 5 aromatic carbocycles. The minimum atomic E-state index is -0.775. The molecule has 0 atom stereocenters. The van der Waals surface area contributed by atoms with Gasteiger partial charge >= 0.3 is 0 Å². The van der Waals surface area contributed by atoms with Crippen molar-refractivity contribution in [3.05, 3.63) is 131 Å². The summed E-state index contributed by atoms with van der Waals surface area (Å²) in [5.74, 6) is 1.75. The van der Waals surface area contributed by atoms with Crippen LogP contribution < -0.4 is 14.4 Å². The van der Waals surface area contributed by atoms with Gasteiger partial charge < -0.3 is 19.1 Å². The van der Waals surface area contributed by atoms with Crippen molar-refractivity contribution in [3.63, 3.8) is 0 Å². The van der Waals surface area contributed by atoms with Gasteiger partial charge in [0.15, 0.2) is 5.60 Å². The summed E-state index contributed by atoms with van der Waals surface area (Å²) < 4.78 is 19.2. The highest BCUT2D eigenvalue weighted by atomic mass is 16.5. The average Bonchev–Trinajstić information content (AvgIpc) is 3.32. The Hall–Kier alpha value is -4.54. The lowest BCUT2D eigenvalue weighted by Crippen LogP contribution is -2.36. The summed E-state index contributed by atoms with van der Waals surface area (Å²) in [7, 11) is 1.77. The minimum absolute atomic E-state index is 0.198. The maximum Gasteiger partial charge on any atom is 0.178 e. The normalized spacial score (nSPS) is 17.6. The number of morpholine rings is 1. The number of ether oxygens (including phenoxy) is 3. The van der Waals surface area contributed by atoms with Gasteiger partial charge in [0.25, 0.3) is 0 Å². The van der Waals surface area contributed by atoms with Crippen LogP contribution in [0, 0.1) is 0 Å². The molecule has 0 radical (unpaired) electrons. The van der Waals surface area contributed by atoms with E-state index in [1.54, 1.807) is 7.11 Å². The van der Waals surface area contributed by atoms with E-state index in [2.05, 4.69) is 128 Å². The third-order valence-corrected chi connectivity index (χ3v) is 9.60. The Balaban J connectivity index is 1.47. The standard InChI is InChI=1S/C39H35NO3/c1-38(2)32-17-11-10-16-28(32)35-30-24-33(40-20-22-42-23-21-40)34(41-3)25-31(30)37-29(36(35)38)18-19-39(43-37,26-12-6-4-7-13-26)27-14-8-5-9-15-27/h4-19,24-25H,20-23H2,1-3H3. The van der Waals surface area contributed by atoms with Gasteiger partial charge in [0.1, 0.15) is 11.5 Å². The summed E-state index contributed by atoms with van der Waals surface area (Å²) in [6.45, 7) is 7.79. The number of fused-ring (bicyclic) bond motifs is 8.